The summed E-state index contributed by atoms with van der Waals surface area (Å²) in [4.78, 5) is 4.50. The minimum Gasteiger partial charge on any atom is -0.370 e. The Kier molecular flexibility index (Phi) is 4.48. The molecule has 1 N–H and O–H groups in total. The highest BCUT2D eigenvalue weighted by Gasteiger charge is 2.14. The highest BCUT2D eigenvalue weighted by atomic mass is 35.5. The van der Waals surface area contributed by atoms with Crippen molar-refractivity contribution in [1.29, 1.82) is 0 Å². The molecule has 5 heteroatoms. The van der Waals surface area contributed by atoms with Crippen LogP contribution >= 0.6 is 23.2 Å². The first-order chi connectivity index (χ1) is 9.08. The van der Waals surface area contributed by atoms with Gasteiger partial charge in [0.05, 0.1) is 15.6 Å². The molecule has 2 rings (SSSR count). The summed E-state index contributed by atoms with van der Waals surface area (Å²) in [5.74, 6) is 0.226. The van der Waals surface area contributed by atoms with Crippen molar-refractivity contribution < 1.29 is 4.39 Å². The minimum atomic E-state index is -0.589. The molecule has 0 unspecified atom stereocenters. The standard InChI is InChI=1S/C14H15Cl2FN2/c1-3-5-18-14-8(4-2)6-9-11(19-14)7-10(15)13(17)12(9)16/h6-7H,3-5H2,1-2H3,(H,18,19). The lowest BCUT2D eigenvalue weighted by atomic mass is 10.1. The molecule has 2 nitrogen and oxygen atoms in total. The van der Waals surface area contributed by atoms with Gasteiger partial charge in [0.25, 0.3) is 0 Å². The second-order valence-corrected chi connectivity index (χ2v) is 5.11. The van der Waals surface area contributed by atoms with E-state index in [-0.39, 0.29) is 10.0 Å². The van der Waals surface area contributed by atoms with Gasteiger partial charge in [-0.3, -0.25) is 0 Å². The molecule has 102 valence electrons. The Labute approximate surface area is 121 Å². The van der Waals surface area contributed by atoms with Gasteiger partial charge in [0.1, 0.15) is 5.82 Å². The van der Waals surface area contributed by atoms with Crippen molar-refractivity contribution in [3.63, 3.8) is 0 Å². The summed E-state index contributed by atoms with van der Waals surface area (Å²) in [6, 6.07) is 3.39. The zero-order valence-electron chi connectivity index (χ0n) is 10.9. The molecule has 0 saturated carbocycles. The molecular weight excluding hydrogens is 286 g/mol. The molecule has 0 fully saturated rings. The quantitative estimate of drug-likeness (QED) is 0.798. The summed E-state index contributed by atoms with van der Waals surface area (Å²) in [5, 5.41) is 3.90. The van der Waals surface area contributed by atoms with Crippen LogP contribution in [0.1, 0.15) is 25.8 Å². The molecule has 1 aromatic carbocycles. The number of benzene rings is 1. The van der Waals surface area contributed by atoms with Gasteiger partial charge >= 0.3 is 0 Å². The summed E-state index contributed by atoms with van der Waals surface area (Å²) in [7, 11) is 0. The molecular formula is C14H15Cl2FN2. The van der Waals surface area contributed by atoms with E-state index in [4.69, 9.17) is 23.2 Å². The molecule has 0 aliphatic carbocycles. The third-order valence-corrected chi connectivity index (χ3v) is 3.60. The first-order valence-electron chi connectivity index (χ1n) is 6.29. The Hall–Kier alpha value is -1.06. The summed E-state index contributed by atoms with van der Waals surface area (Å²) in [5.41, 5.74) is 1.62. The van der Waals surface area contributed by atoms with Crippen molar-refractivity contribution >= 4 is 39.9 Å². The second-order valence-electron chi connectivity index (χ2n) is 4.33. The van der Waals surface area contributed by atoms with Crippen LogP contribution in [0.25, 0.3) is 10.9 Å². The number of aryl methyl sites for hydroxylation is 1. The van der Waals surface area contributed by atoms with Gasteiger partial charge < -0.3 is 5.32 Å². The van der Waals surface area contributed by atoms with Crippen molar-refractivity contribution in [2.75, 3.05) is 11.9 Å². The smallest absolute Gasteiger partial charge is 0.161 e. The van der Waals surface area contributed by atoms with E-state index in [1.54, 1.807) is 0 Å². The molecule has 0 radical (unpaired) electrons. The molecule has 1 aromatic heterocycles. The lowest BCUT2D eigenvalue weighted by Crippen LogP contribution is -2.05. The Morgan fingerprint density at radius 1 is 1.26 bits per heavy atom. The number of pyridine rings is 1. The lowest BCUT2D eigenvalue weighted by Gasteiger charge is -2.12. The highest BCUT2D eigenvalue weighted by molar-refractivity contribution is 6.38. The molecule has 0 atom stereocenters. The van der Waals surface area contributed by atoms with Crippen LogP contribution in [0, 0.1) is 5.82 Å². The summed E-state index contributed by atoms with van der Waals surface area (Å²) >= 11 is 11.8. The molecule has 0 spiro atoms. The van der Waals surface area contributed by atoms with Crippen molar-refractivity contribution in [2.24, 2.45) is 0 Å². The third kappa shape index (κ3) is 2.77. The van der Waals surface area contributed by atoms with Crippen LogP contribution in [-0.4, -0.2) is 11.5 Å². The van der Waals surface area contributed by atoms with Crippen LogP contribution in [-0.2, 0) is 6.42 Å². The van der Waals surface area contributed by atoms with Crippen LogP contribution in [0.15, 0.2) is 12.1 Å². The van der Waals surface area contributed by atoms with Crippen LogP contribution in [0.3, 0.4) is 0 Å². The van der Waals surface area contributed by atoms with Gasteiger partial charge in [-0.15, -0.1) is 0 Å². The van der Waals surface area contributed by atoms with Gasteiger partial charge in [-0.2, -0.15) is 0 Å². The number of nitrogens with one attached hydrogen (secondary N) is 1. The highest BCUT2D eigenvalue weighted by Crippen LogP contribution is 2.33. The lowest BCUT2D eigenvalue weighted by molar-refractivity contribution is 0.630. The second kappa shape index (κ2) is 5.93. The van der Waals surface area contributed by atoms with Gasteiger partial charge in [-0.25, -0.2) is 9.37 Å². The number of halogens is 3. The number of hydrogen-bond acceptors (Lipinski definition) is 2. The van der Waals surface area contributed by atoms with E-state index in [2.05, 4.69) is 17.2 Å². The molecule has 2 aromatic rings. The van der Waals surface area contributed by atoms with Crippen molar-refractivity contribution in [1.82, 2.24) is 4.98 Å². The van der Waals surface area contributed by atoms with Crippen LogP contribution in [0.2, 0.25) is 10.0 Å². The molecule has 0 amide bonds. The zero-order valence-corrected chi connectivity index (χ0v) is 12.4. The van der Waals surface area contributed by atoms with Gasteiger partial charge in [-0.1, -0.05) is 37.0 Å². The van der Waals surface area contributed by atoms with Crippen molar-refractivity contribution in [3.05, 3.63) is 33.6 Å². The number of rotatable bonds is 4. The average Bonchev–Trinajstić information content (AvgIpc) is 2.42. The topological polar surface area (TPSA) is 24.9 Å². The Balaban J connectivity index is 2.63. The minimum absolute atomic E-state index is 0.00399. The largest absolute Gasteiger partial charge is 0.370 e. The maximum atomic E-state index is 13.7. The normalized spacial score (nSPS) is 11.0. The number of anilines is 1. The van der Waals surface area contributed by atoms with E-state index >= 15 is 0 Å². The van der Waals surface area contributed by atoms with Crippen molar-refractivity contribution in [3.8, 4) is 0 Å². The molecule has 19 heavy (non-hydrogen) atoms. The first-order valence-corrected chi connectivity index (χ1v) is 7.05. The summed E-state index contributed by atoms with van der Waals surface area (Å²) < 4.78 is 13.7. The molecule has 0 aliphatic heterocycles. The fourth-order valence-electron chi connectivity index (χ4n) is 1.93. The molecule has 0 aliphatic rings. The molecule has 1 heterocycles. The Morgan fingerprint density at radius 3 is 2.63 bits per heavy atom. The van der Waals surface area contributed by atoms with E-state index in [1.165, 1.54) is 6.07 Å². The maximum absolute atomic E-state index is 13.7. The monoisotopic (exact) mass is 300 g/mol. The Morgan fingerprint density at radius 2 is 2.00 bits per heavy atom. The Bertz CT molecular complexity index is 614. The molecule has 0 saturated heterocycles. The van der Waals surface area contributed by atoms with Gasteiger partial charge in [0, 0.05) is 11.9 Å². The predicted molar refractivity (Wildman–Crippen MR) is 79.9 cm³/mol. The number of aromatic nitrogens is 1. The summed E-state index contributed by atoms with van der Waals surface area (Å²) in [6.07, 6.45) is 1.81. The van der Waals surface area contributed by atoms with E-state index in [0.29, 0.717) is 10.9 Å². The SMILES string of the molecule is CCCNc1nc2cc(Cl)c(F)c(Cl)c2cc1CC. The average molecular weight is 301 g/mol. The van der Waals surface area contributed by atoms with Gasteiger partial charge in [-0.05, 0) is 30.5 Å². The van der Waals surface area contributed by atoms with E-state index in [9.17, 15) is 4.39 Å². The summed E-state index contributed by atoms with van der Waals surface area (Å²) in [6.45, 7) is 4.96. The van der Waals surface area contributed by atoms with Gasteiger partial charge in [0.2, 0.25) is 0 Å². The number of nitrogens with zero attached hydrogens (tertiary/aromatic N) is 1. The van der Waals surface area contributed by atoms with Gasteiger partial charge in [0.15, 0.2) is 5.82 Å². The zero-order chi connectivity index (χ0) is 14.0. The maximum Gasteiger partial charge on any atom is 0.161 e. The van der Waals surface area contributed by atoms with E-state index < -0.39 is 5.82 Å². The van der Waals surface area contributed by atoms with Crippen LogP contribution in [0.4, 0.5) is 10.2 Å². The van der Waals surface area contributed by atoms with Crippen LogP contribution in [0.5, 0.6) is 0 Å². The van der Waals surface area contributed by atoms with Crippen molar-refractivity contribution in [2.45, 2.75) is 26.7 Å². The fraction of sp³-hybridized carbons (Fsp3) is 0.357. The predicted octanol–water partition coefficient (Wildman–Crippen LogP) is 5.07. The fourth-order valence-corrected chi connectivity index (χ4v) is 2.43. The molecule has 0 bridgehead atoms. The van der Waals surface area contributed by atoms with E-state index in [0.717, 1.165) is 30.8 Å². The number of hydrogen-bond donors (Lipinski definition) is 1. The van der Waals surface area contributed by atoms with E-state index in [1.807, 2.05) is 13.0 Å². The number of fused-ring (bicyclic) bond motifs is 1. The third-order valence-electron chi connectivity index (χ3n) is 2.96. The van der Waals surface area contributed by atoms with Crippen LogP contribution < -0.4 is 5.32 Å². The first kappa shape index (κ1) is 14.4.